The summed E-state index contributed by atoms with van der Waals surface area (Å²) in [6.45, 7) is 4.33. The second-order valence-corrected chi connectivity index (χ2v) is 4.70. The number of rotatable bonds is 4. The number of ether oxygens (including phenoxy) is 1. The lowest BCUT2D eigenvalue weighted by molar-refractivity contribution is 0.299. The van der Waals surface area contributed by atoms with Gasteiger partial charge in [0.1, 0.15) is 18.2 Å². The van der Waals surface area contributed by atoms with Crippen LogP contribution in [0, 0.1) is 12.7 Å². The van der Waals surface area contributed by atoms with Crippen LogP contribution in [0.3, 0.4) is 0 Å². The topological polar surface area (TPSA) is 35.2 Å². The molecule has 0 amide bonds. The Labute approximate surface area is 113 Å². The van der Waals surface area contributed by atoms with Gasteiger partial charge in [-0.15, -0.1) is 0 Å². The van der Waals surface area contributed by atoms with Gasteiger partial charge in [-0.1, -0.05) is 30.3 Å². The molecule has 1 atom stereocenters. The van der Waals surface area contributed by atoms with Crippen molar-refractivity contribution in [2.45, 2.75) is 26.5 Å². The van der Waals surface area contributed by atoms with E-state index in [1.165, 1.54) is 12.1 Å². The SMILES string of the molecule is Cc1cccc(C(C)N)c1OCc1ccc(F)cc1. The normalized spacial score (nSPS) is 12.2. The smallest absolute Gasteiger partial charge is 0.127 e. The molecule has 0 aliphatic rings. The van der Waals surface area contributed by atoms with Crippen LogP contribution in [-0.4, -0.2) is 0 Å². The fourth-order valence-corrected chi connectivity index (χ4v) is 1.97. The van der Waals surface area contributed by atoms with Gasteiger partial charge in [-0.25, -0.2) is 4.39 Å². The Morgan fingerprint density at radius 3 is 2.47 bits per heavy atom. The van der Waals surface area contributed by atoms with Gasteiger partial charge in [0.15, 0.2) is 0 Å². The van der Waals surface area contributed by atoms with Crippen molar-refractivity contribution in [2.24, 2.45) is 5.73 Å². The maximum absolute atomic E-state index is 12.8. The van der Waals surface area contributed by atoms with E-state index < -0.39 is 0 Å². The van der Waals surface area contributed by atoms with Crippen LogP contribution in [0.5, 0.6) is 5.75 Å². The van der Waals surface area contributed by atoms with Crippen molar-refractivity contribution in [3.05, 3.63) is 65.0 Å². The lowest BCUT2D eigenvalue weighted by Crippen LogP contribution is -2.09. The third-order valence-electron chi connectivity index (χ3n) is 3.03. The van der Waals surface area contributed by atoms with Crippen LogP contribution in [0.4, 0.5) is 4.39 Å². The van der Waals surface area contributed by atoms with Gasteiger partial charge in [-0.05, 0) is 37.1 Å². The molecule has 0 aliphatic heterocycles. The summed E-state index contributed by atoms with van der Waals surface area (Å²) in [7, 11) is 0. The van der Waals surface area contributed by atoms with Crippen LogP contribution in [0.2, 0.25) is 0 Å². The fraction of sp³-hybridized carbons (Fsp3) is 0.250. The average Bonchev–Trinajstić information content (AvgIpc) is 2.39. The Kier molecular flexibility index (Phi) is 4.17. The summed E-state index contributed by atoms with van der Waals surface area (Å²) in [5, 5.41) is 0. The first-order valence-electron chi connectivity index (χ1n) is 6.30. The highest BCUT2D eigenvalue weighted by molar-refractivity contribution is 5.42. The first-order valence-corrected chi connectivity index (χ1v) is 6.30. The molecule has 19 heavy (non-hydrogen) atoms. The van der Waals surface area contributed by atoms with Gasteiger partial charge >= 0.3 is 0 Å². The number of para-hydroxylation sites is 1. The number of aryl methyl sites for hydroxylation is 1. The summed E-state index contributed by atoms with van der Waals surface area (Å²) in [4.78, 5) is 0. The standard InChI is InChI=1S/C16H18FNO/c1-11-4-3-5-15(12(2)18)16(11)19-10-13-6-8-14(17)9-7-13/h3-9,12H,10,18H2,1-2H3. The molecule has 0 heterocycles. The predicted molar refractivity (Wildman–Crippen MR) is 74.5 cm³/mol. The van der Waals surface area contributed by atoms with Crippen molar-refractivity contribution in [2.75, 3.05) is 0 Å². The second-order valence-electron chi connectivity index (χ2n) is 4.70. The van der Waals surface area contributed by atoms with Crippen LogP contribution in [-0.2, 0) is 6.61 Å². The Hall–Kier alpha value is -1.87. The maximum atomic E-state index is 12.8. The summed E-state index contributed by atoms with van der Waals surface area (Å²) in [6.07, 6.45) is 0. The zero-order valence-corrected chi connectivity index (χ0v) is 11.2. The number of benzene rings is 2. The molecule has 3 heteroatoms. The molecule has 100 valence electrons. The molecule has 0 aromatic heterocycles. The minimum absolute atomic E-state index is 0.0804. The van der Waals surface area contributed by atoms with Crippen LogP contribution in [0.1, 0.15) is 29.7 Å². The summed E-state index contributed by atoms with van der Waals surface area (Å²) < 4.78 is 18.7. The molecule has 0 spiro atoms. The molecule has 2 N–H and O–H groups in total. The first-order chi connectivity index (χ1) is 9.08. The monoisotopic (exact) mass is 259 g/mol. The van der Waals surface area contributed by atoms with Gasteiger partial charge in [-0.3, -0.25) is 0 Å². The van der Waals surface area contributed by atoms with Gasteiger partial charge in [-0.2, -0.15) is 0 Å². The quantitative estimate of drug-likeness (QED) is 0.908. The molecular weight excluding hydrogens is 241 g/mol. The van der Waals surface area contributed by atoms with Crippen molar-refractivity contribution in [3.63, 3.8) is 0 Å². The van der Waals surface area contributed by atoms with E-state index in [4.69, 9.17) is 10.5 Å². The van der Waals surface area contributed by atoms with E-state index in [1.807, 2.05) is 32.0 Å². The summed E-state index contributed by atoms with van der Waals surface area (Å²) in [6, 6.07) is 12.2. The number of nitrogens with two attached hydrogens (primary N) is 1. The molecule has 2 nitrogen and oxygen atoms in total. The highest BCUT2D eigenvalue weighted by Gasteiger charge is 2.10. The van der Waals surface area contributed by atoms with Crippen molar-refractivity contribution in [1.82, 2.24) is 0 Å². The molecular formula is C16H18FNO. The molecule has 0 fully saturated rings. The van der Waals surface area contributed by atoms with Crippen LogP contribution < -0.4 is 10.5 Å². The van der Waals surface area contributed by atoms with E-state index in [2.05, 4.69) is 0 Å². The highest BCUT2D eigenvalue weighted by Crippen LogP contribution is 2.28. The van der Waals surface area contributed by atoms with E-state index in [0.29, 0.717) is 6.61 Å². The zero-order chi connectivity index (χ0) is 13.8. The first kappa shape index (κ1) is 13.6. The van der Waals surface area contributed by atoms with Crippen LogP contribution in [0.25, 0.3) is 0 Å². The lowest BCUT2D eigenvalue weighted by atomic mass is 10.0. The highest BCUT2D eigenvalue weighted by atomic mass is 19.1. The maximum Gasteiger partial charge on any atom is 0.127 e. The van der Waals surface area contributed by atoms with E-state index >= 15 is 0 Å². The molecule has 2 aromatic rings. The predicted octanol–water partition coefficient (Wildman–Crippen LogP) is 3.73. The molecule has 0 radical (unpaired) electrons. The summed E-state index contributed by atoms with van der Waals surface area (Å²) in [5.74, 6) is 0.581. The molecule has 2 aromatic carbocycles. The zero-order valence-electron chi connectivity index (χ0n) is 11.2. The minimum atomic E-state index is -0.240. The largest absolute Gasteiger partial charge is 0.488 e. The molecule has 0 saturated carbocycles. The Morgan fingerprint density at radius 2 is 1.84 bits per heavy atom. The van der Waals surface area contributed by atoms with Gasteiger partial charge in [0.05, 0.1) is 0 Å². The van der Waals surface area contributed by atoms with Crippen molar-refractivity contribution >= 4 is 0 Å². The van der Waals surface area contributed by atoms with E-state index in [1.54, 1.807) is 12.1 Å². The number of hydrogen-bond acceptors (Lipinski definition) is 2. The minimum Gasteiger partial charge on any atom is -0.488 e. The van der Waals surface area contributed by atoms with Crippen LogP contribution >= 0.6 is 0 Å². The average molecular weight is 259 g/mol. The second kappa shape index (κ2) is 5.85. The van der Waals surface area contributed by atoms with E-state index in [9.17, 15) is 4.39 Å². The number of halogens is 1. The Balaban J connectivity index is 2.17. The lowest BCUT2D eigenvalue weighted by Gasteiger charge is -2.16. The molecule has 0 bridgehead atoms. The van der Waals surface area contributed by atoms with Gasteiger partial charge in [0.2, 0.25) is 0 Å². The van der Waals surface area contributed by atoms with Crippen molar-refractivity contribution < 1.29 is 9.13 Å². The fourth-order valence-electron chi connectivity index (χ4n) is 1.97. The van der Waals surface area contributed by atoms with Crippen LogP contribution in [0.15, 0.2) is 42.5 Å². The van der Waals surface area contributed by atoms with Crippen molar-refractivity contribution in [3.8, 4) is 5.75 Å². The Bertz CT molecular complexity index is 549. The van der Waals surface area contributed by atoms with Crippen molar-refractivity contribution in [1.29, 1.82) is 0 Å². The van der Waals surface area contributed by atoms with Gasteiger partial charge < -0.3 is 10.5 Å². The molecule has 0 saturated heterocycles. The molecule has 2 rings (SSSR count). The van der Waals surface area contributed by atoms with Gasteiger partial charge in [0, 0.05) is 11.6 Å². The Morgan fingerprint density at radius 1 is 1.16 bits per heavy atom. The van der Waals surface area contributed by atoms with Gasteiger partial charge in [0.25, 0.3) is 0 Å². The summed E-state index contributed by atoms with van der Waals surface area (Å²) in [5.41, 5.74) is 8.91. The molecule has 1 unspecified atom stereocenters. The van der Waals surface area contributed by atoms with E-state index in [0.717, 1.165) is 22.4 Å². The third-order valence-corrected chi connectivity index (χ3v) is 3.03. The summed E-state index contributed by atoms with van der Waals surface area (Å²) >= 11 is 0. The number of hydrogen-bond donors (Lipinski definition) is 1. The van der Waals surface area contributed by atoms with E-state index in [-0.39, 0.29) is 11.9 Å². The molecule has 0 aliphatic carbocycles. The third kappa shape index (κ3) is 3.32.